The lowest BCUT2D eigenvalue weighted by Crippen LogP contribution is -2.40. The first-order valence-electron chi connectivity index (χ1n) is 8.78. The molecule has 0 saturated heterocycles. The molecule has 0 heterocycles. The molecule has 2 aromatic carbocycles. The molecule has 1 amide bonds. The summed E-state index contributed by atoms with van der Waals surface area (Å²) in [5.41, 5.74) is 0.585. The number of amides is 1. The molecule has 152 valence electrons. The van der Waals surface area contributed by atoms with E-state index < -0.39 is 28.0 Å². The van der Waals surface area contributed by atoms with Crippen LogP contribution in [0.15, 0.2) is 59.5 Å². The normalized spacial score (nSPS) is 11.9. The maximum Gasteiger partial charge on any atom is 0.338 e. The van der Waals surface area contributed by atoms with Crippen molar-refractivity contribution in [1.82, 2.24) is 4.72 Å². The van der Waals surface area contributed by atoms with Gasteiger partial charge in [0.05, 0.1) is 22.9 Å². The van der Waals surface area contributed by atoms with E-state index in [0.717, 1.165) is 0 Å². The van der Waals surface area contributed by atoms with Gasteiger partial charge in [0, 0.05) is 12.2 Å². The van der Waals surface area contributed by atoms with Gasteiger partial charge in [0.25, 0.3) is 5.91 Å². The number of ether oxygens (including phenoxy) is 1. The SMILES string of the molecule is CNS(=O)(=O)c1cccc(C(=O)OC(C)C(=O)N(CCC#N)c2ccccc2)c1. The molecule has 2 rings (SSSR count). The second kappa shape index (κ2) is 9.82. The van der Waals surface area contributed by atoms with E-state index in [-0.39, 0.29) is 23.4 Å². The van der Waals surface area contributed by atoms with E-state index in [4.69, 9.17) is 10.00 Å². The van der Waals surface area contributed by atoms with Crippen molar-refractivity contribution in [3.05, 3.63) is 60.2 Å². The molecule has 1 atom stereocenters. The van der Waals surface area contributed by atoms with Crippen LogP contribution >= 0.6 is 0 Å². The molecule has 2 aromatic rings. The van der Waals surface area contributed by atoms with E-state index in [2.05, 4.69) is 4.72 Å². The zero-order valence-corrected chi connectivity index (χ0v) is 16.8. The number of benzene rings is 2. The number of rotatable bonds is 8. The predicted octanol–water partition coefficient (Wildman–Crippen LogP) is 2.09. The number of nitriles is 1. The van der Waals surface area contributed by atoms with Crippen LogP contribution in [0.3, 0.4) is 0 Å². The number of nitrogens with zero attached hydrogens (tertiary/aromatic N) is 2. The van der Waals surface area contributed by atoms with Crippen molar-refractivity contribution in [2.45, 2.75) is 24.3 Å². The highest BCUT2D eigenvalue weighted by atomic mass is 32.2. The van der Waals surface area contributed by atoms with Crippen molar-refractivity contribution in [2.75, 3.05) is 18.5 Å². The number of sulfonamides is 1. The molecule has 0 bridgehead atoms. The maximum absolute atomic E-state index is 12.8. The van der Waals surface area contributed by atoms with Crippen LogP contribution in [-0.4, -0.2) is 40.0 Å². The summed E-state index contributed by atoms with van der Waals surface area (Å²) in [7, 11) is -2.46. The van der Waals surface area contributed by atoms with Crippen molar-refractivity contribution >= 4 is 27.6 Å². The number of anilines is 1. The minimum absolute atomic E-state index is 0.00395. The van der Waals surface area contributed by atoms with E-state index >= 15 is 0 Å². The van der Waals surface area contributed by atoms with Gasteiger partial charge in [0.1, 0.15) is 0 Å². The molecule has 0 saturated carbocycles. The smallest absolute Gasteiger partial charge is 0.338 e. The van der Waals surface area contributed by atoms with E-state index in [1.807, 2.05) is 6.07 Å². The molecule has 0 radical (unpaired) electrons. The van der Waals surface area contributed by atoms with Crippen molar-refractivity contribution in [1.29, 1.82) is 5.26 Å². The van der Waals surface area contributed by atoms with Crippen LogP contribution in [-0.2, 0) is 19.6 Å². The molecule has 1 unspecified atom stereocenters. The largest absolute Gasteiger partial charge is 0.449 e. The van der Waals surface area contributed by atoms with Gasteiger partial charge in [-0.1, -0.05) is 24.3 Å². The first-order chi connectivity index (χ1) is 13.8. The van der Waals surface area contributed by atoms with Crippen LogP contribution < -0.4 is 9.62 Å². The van der Waals surface area contributed by atoms with Gasteiger partial charge in [-0.3, -0.25) is 4.79 Å². The Labute approximate surface area is 169 Å². The van der Waals surface area contributed by atoms with Crippen molar-refractivity contribution in [2.24, 2.45) is 0 Å². The monoisotopic (exact) mass is 415 g/mol. The second-order valence-electron chi connectivity index (χ2n) is 6.02. The number of carbonyl (C=O) groups is 2. The molecule has 0 aliphatic heterocycles. The van der Waals surface area contributed by atoms with Crippen LogP contribution in [0, 0.1) is 11.3 Å². The van der Waals surface area contributed by atoms with Crippen LogP contribution in [0.4, 0.5) is 5.69 Å². The Morgan fingerprint density at radius 3 is 2.48 bits per heavy atom. The molecule has 9 heteroatoms. The molecule has 8 nitrogen and oxygen atoms in total. The number of hydrogen-bond donors (Lipinski definition) is 1. The van der Waals surface area contributed by atoms with Crippen LogP contribution in [0.5, 0.6) is 0 Å². The van der Waals surface area contributed by atoms with Gasteiger partial charge in [-0.15, -0.1) is 0 Å². The fourth-order valence-corrected chi connectivity index (χ4v) is 3.32. The van der Waals surface area contributed by atoms with Crippen molar-refractivity contribution < 1.29 is 22.7 Å². The lowest BCUT2D eigenvalue weighted by Gasteiger charge is -2.25. The Bertz CT molecular complexity index is 1020. The molecule has 0 spiro atoms. The lowest BCUT2D eigenvalue weighted by molar-refractivity contribution is -0.126. The average Bonchev–Trinajstić information content (AvgIpc) is 2.74. The number of nitrogens with one attached hydrogen (secondary N) is 1. The Morgan fingerprint density at radius 2 is 1.86 bits per heavy atom. The summed E-state index contributed by atoms with van der Waals surface area (Å²) >= 11 is 0. The van der Waals surface area contributed by atoms with Crippen LogP contribution in [0.2, 0.25) is 0 Å². The average molecular weight is 415 g/mol. The van der Waals surface area contributed by atoms with Crippen molar-refractivity contribution in [3.63, 3.8) is 0 Å². The van der Waals surface area contributed by atoms with Gasteiger partial charge in [0.15, 0.2) is 6.10 Å². The lowest BCUT2D eigenvalue weighted by atomic mass is 10.2. The fraction of sp³-hybridized carbons (Fsp3) is 0.250. The minimum atomic E-state index is -3.72. The van der Waals surface area contributed by atoms with Gasteiger partial charge in [0.2, 0.25) is 10.0 Å². The van der Waals surface area contributed by atoms with E-state index in [0.29, 0.717) is 5.69 Å². The fourth-order valence-electron chi connectivity index (χ4n) is 2.54. The van der Waals surface area contributed by atoms with Crippen molar-refractivity contribution in [3.8, 4) is 6.07 Å². The summed E-state index contributed by atoms with van der Waals surface area (Å²) in [5.74, 6) is -1.31. The zero-order chi connectivity index (χ0) is 21.4. The number of esters is 1. The van der Waals surface area contributed by atoms with Gasteiger partial charge in [-0.2, -0.15) is 5.26 Å². The van der Waals surface area contributed by atoms with E-state index in [9.17, 15) is 18.0 Å². The molecule has 0 aliphatic carbocycles. The third-order valence-corrected chi connectivity index (χ3v) is 5.47. The highest BCUT2D eigenvalue weighted by molar-refractivity contribution is 7.89. The topological polar surface area (TPSA) is 117 Å². The molecular formula is C20H21N3O5S. The Kier molecular flexibility index (Phi) is 7.47. The van der Waals surface area contributed by atoms with Gasteiger partial charge >= 0.3 is 5.97 Å². The number of para-hydroxylation sites is 1. The molecule has 1 N–H and O–H groups in total. The highest BCUT2D eigenvalue weighted by Crippen LogP contribution is 2.17. The third-order valence-electron chi connectivity index (χ3n) is 4.06. The summed E-state index contributed by atoms with van der Waals surface area (Å²) in [6, 6.07) is 16.1. The molecule has 29 heavy (non-hydrogen) atoms. The minimum Gasteiger partial charge on any atom is -0.449 e. The van der Waals surface area contributed by atoms with Gasteiger partial charge in [-0.25, -0.2) is 17.9 Å². The summed E-state index contributed by atoms with van der Waals surface area (Å²) in [6.07, 6.45) is -1.02. The Balaban J connectivity index is 2.18. The van der Waals surface area contributed by atoms with Crippen LogP contribution in [0.1, 0.15) is 23.7 Å². The molecular weight excluding hydrogens is 394 g/mol. The molecule has 0 fully saturated rings. The highest BCUT2D eigenvalue weighted by Gasteiger charge is 2.26. The Hall–Kier alpha value is -3.22. The first kappa shape index (κ1) is 22.1. The number of hydrogen-bond acceptors (Lipinski definition) is 6. The standard InChI is InChI=1S/C20H21N3O5S/c1-15(19(24)23(13-7-12-21)17-9-4-3-5-10-17)28-20(25)16-8-6-11-18(14-16)29(26,27)22-2/h3-6,8-11,14-15,22H,7,13H2,1-2H3. The quantitative estimate of drug-likeness (QED) is 0.660. The van der Waals surface area contributed by atoms with E-state index in [1.54, 1.807) is 30.3 Å². The maximum atomic E-state index is 12.8. The molecule has 0 aliphatic rings. The first-order valence-corrected chi connectivity index (χ1v) is 10.3. The van der Waals surface area contributed by atoms with Crippen LogP contribution in [0.25, 0.3) is 0 Å². The van der Waals surface area contributed by atoms with Gasteiger partial charge < -0.3 is 9.64 Å². The van der Waals surface area contributed by atoms with Gasteiger partial charge in [-0.05, 0) is 44.3 Å². The third kappa shape index (κ3) is 5.63. The Morgan fingerprint density at radius 1 is 1.17 bits per heavy atom. The summed E-state index contributed by atoms with van der Waals surface area (Å²) in [4.78, 5) is 26.6. The second-order valence-corrected chi connectivity index (χ2v) is 7.90. The summed E-state index contributed by atoms with van der Waals surface area (Å²) < 4.78 is 31.2. The summed E-state index contributed by atoms with van der Waals surface area (Å²) in [6.45, 7) is 1.58. The van der Waals surface area contributed by atoms with E-state index in [1.165, 1.54) is 43.1 Å². The predicted molar refractivity (Wildman–Crippen MR) is 107 cm³/mol. The summed E-state index contributed by atoms with van der Waals surface area (Å²) in [5, 5.41) is 8.86. The zero-order valence-electron chi connectivity index (χ0n) is 16.0. The molecule has 0 aromatic heterocycles. The number of carbonyl (C=O) groups excluding carboxylic acids is 2.